The van der Waals surface area contributed by atoms with E-state index in [0.717, 1.165) is 4.90 Å². The van der Waals surface area contributed by atoms with Crippen molar-refractivity contribution in [2.24, 2.45) is 0 Å². The Morgan fingerprint density at radius 3 is 2.14 bits per heavy atom. The van der Waals surface area contributed by atoms with Crippen molar-refractivity contribution in [2.75, 3.05) is 25.1 Å². The zero-order chi connectivity index (χ0) is 36.7. The molecule has 2 aromatic rings. The van der Waals surface area contributed by atoms with Crippen LogP contribution < -0.4 is 5.32 Å². The molecule has 274 valence electrons. The van der Waals surface area contributed by atoms with Crippen LogP contribution in [0.5, 0.6) is 0 Å². The molecule has 2 saturated heterocycles. The fourth-order valence-electron chi connectivity index (χ4n) is 5.48. The molecule has 1 N–H and O–H groups in total. The zero-order valence-electron chi connectivity index (χ0n) is 27.9. The lowest BCUT2D eigenvalue weighted by atomic mass is 9.99. The standard InChI is InChI=1S/C32H40F9N3O4Si/c1-18-24(16-44-17-26(48-28(44)45)19-11-20(30(33,34)35)13-21(12-19)31(36,37)38)27(42-15-25(18)32(39,40)41)43-22-7-9-46-23(14-22)8-10-47-49(5,6)29(2,3)4/h11-13,15,22-23,26H,7-10,14,16-17H2,1-6H3,(H,42,43). The maximum atomic E-state index is 13.9. The van der Waals surface area contributed by atoms with Crippen molar-refractivity contribution in [2.45, 2.75) is 108 Å². The second-order valence-electron chi connectivity index (χ2n) is 14.0. The number of carbonyl (C=O) groups is 1. The fraction of sp³-hybridized carbons (Fsp3) is 0.625. The summed E-state index contributed by atoms with van der Waals surface area (Å²) in [5.74, 6) is 0.0587. The summed E-state index contributed by atoms with van der Waals surface area (Å²) in [5, 5.41) is 3.21. The van der Waals surface area contributed by atoms with E-state index in [1.807, 2.05) is 0 Å². The number of carbonyl (C=O) groups excluding carboxylic acids is 1. The summed E-state index contributed by atoms with van der Waals surface area (Å²) < 4.78 is 140. The maximum Gasteiger partial charge on any atom is 0.418 e. The first kappa shape index (κ1) is 38.7. The lowest BCUT2D eigenvalue weighted by molar-refractivity contribution is -0.143. The van der Waals surface area contributed by atoms with E-state index in [4.69, 9.17) is 13.9 Å². The first-order valence-corrected chi connectivity index (χ1v) is 18.6. The Kier molecular flexibility index (Phi) is 11.0. The largest absolute Gasteiger partial charge is 0.439 e. The molecule has 49 heavy (non-hydrogen) atoms. The molecule has 0 spiro atoms. The normalized spacial score (nSPS) is 21.2. The van der Waals surface area contributed by atoms with E-state index in [-0.39, 0.29) is 40.2 Å². The second-order valence-corrected chi connectivity index (χ2v) is 18.8. The van der Waals surface area contributed by atoms with Gasteiger partial charge in [-0.3, -0.25) is 4.90 Å². The van der Waals surface area contributed by atoms with E-state index in [1.54, 1.807) is 0 Å². The summed E-state index contributed by atoms with van der Waals surface area (Å²) in [7, 11) is -1.99. The first-order chi connectivity index (χ1) is 22.4. The highest BCUT2D eigenvalue weighted by atomic mass is 28.4. The van der Waals surface area contributed by atoms with Crippen LogP contribution in [0.4, 0.5) is 50.1 Å². The topological polar surface area (TPSA) is 72.9 Å². The number of hydrogen-bond donors (Lipinski definition) is 1. The molecule has 0 aliphatic carbocycles. The predicted molar refractivity (Wildman–Crippen MR) is 164 cm³/mol. The second kappa shape index (κ2) is 13.9. The number of ether oxygens (including phenoxy) is 2. The van der Waals surface area contributed by atoms with Crippen LogP contribution in [-0.4, -0.2) is 56.2 Å². The number of cyclic esters (lactones) is 1. The molecular formula is C32H40F9N3O4Si. The summed E-state index contributed by atoms with van der Waals surface area (Å²) in [6.45, 7) is 11.7. The molecule has 1 amide bonds. The van der Waals surface area contributed by atoms with Crippen LogP contribution in [0.2, 0.25) is 18.1 Å². The number of anilines is 1. The zero-order valence-corrected chi connectivity index (χ0v) is 28.9. The van der Waals surface area contributed by atoms with E-state index >= 15 is 0 Å². The molecule has 17 heteroatoms. The monoisotopic (exact) mass is 729 g/mol. The summed E-state index contributed by atoms with van der Waals surface area (Å²) in [6.07, 6.45) is -15.6. The molecule has 4 rings (SSSR count). The Labute approximate surface area is 279 Å². The fourth-order valence-corrected chi connectivity index (χ4v) is 6.54. The van der Waals surface area contributed by atoms with Crippen molar-refractivity contribution in [3.63, 3.8) is 0 Å². The van der Waals surface area contributed by atoms with Crippen LogP contribution in [0.1, 0.15) is 79.5 Å². The van der Waals surface area contributed by atoms with Crippen LogP contribution in [-0.2, 0) is 39.0 Å². The van der Waals surface area contributed by atoms with Gasteiger partial charge in [0.2, 0.25) is 0 Å². The number of nitrogens with zero attached hydrogens (tertiary/aromatic N) is 2. The number of benzene rings is 1. The number of nitrogens with one attached hydrogen (secondary N) is 1. The Morgan fingerprint density at radius 2 is 1.59 bits per heavy atom. The molecular weight excluding hydrogens is 689 g/mol. The van der Waals surface area contributed by atoms with Gasteiger partial charge in [0.15, 0.2) is 8.32 Å². The van der Waals surface area contributed by atoms with Gasteiger partial charge < -0.3 is 19.2 Å². The van der Waals surface area contributed by atoms with Gasteiger partial charge in [-0.25, -0.2) is 9.78 Å². The van der Waals surface area contributed by atoms with Crippen LogP contribution in [0, 0.1) is 6.92 Å². The van der Waals surface area contributed by atoms with Crippen LogP contribution in [0.25, 0.3) is 0 Å². The average Bonchev–Trinajstić information content (AvgIpc) is 3.32. The summed E-state index contributed by atoms with van der Waals surface area (Å²) >= 11 is 0. The Bertz CT molecular complexity index is 1470. The SMILES string of the molecule is Cc1c(C(F)(F)F)cnc(NC2CCOC(CCO[Si](C)(C)C(C)(C)C)C2)c1CN1CC(c2cc(C(F)(F)F)cc(C(F)(F)F)c2)OC1=O. The van der Waals surface area contributed by atoms with Crippen molar-refractivity contribution in [1.29, 1.82) is 0 Å². The van der Waals surface area contributed by atoms with Gasteiger partial charge in [0.25, 0.3) is 0 Å². The third-order valence-electron chi connectivity index (χ3n) is 9.41. The quantitative estimate of drug-likeness (QED) is 0.205. The van der Waals surface area contributed by atoms with Gasteiger partial charge in [0, 0.05) is 31.0 Å². The van der Waals surface area contributed by atoms with Gasteiger partial charge >= 0.3 is 24.6 Å². The lowest BCUT2D eigenvalue weighted by Gasteiger charge is -2.37. The number of rotatable bonds is 9. The minimum atomic E-state index is -5.12. The molecule has 1 aromatic carbocycles. The molecule has 0 bridgehead atoms. The van der Waals surface area contributed by atoms with E-state index in [0.29, 0.717) is 50.8 Å². The lowest BCUT2D eigenvalue weighted by Crippen LogP contribution is -2.42. The molecule has 2 aliphatic heterocycles. The predicted octanol–water partition coefficient (Wildman–Crippen LogP) is 9.51. The molecule has 3 heterocycles. The number of amides is 1. The minimum Gasteiger partial charge on any atom is -0.439 e. The molecule has 3 atom stereocenters. The molecule has 1 aromatic heterocycles. The molecule has 2 fully saturated rings. The van der Waals surface area contributed by atoms with Gasteiger partial charge in [-0.05, 0) is 73.6 Å². The minimum absolute atomic E-state index is 0.0169. The first-order valence-electron chi connectivity index (χ1n) is 15.7. The van der Waals surface area contributed by atoms with Crippen molar-refractivity contribution < 1.29 is 58.2 Å². The van der Waals surface area contributed by atoms with Crippen molar-refractivity contribution >= 4 is 20.2 Å². The summed E-state index contributed by atoms with van der Waals surface area (Å²) in [6, 6.07) is 0.605. The van der Waals surface area contributed by atoms with E-state index in [2.05, 4.69) is 44.2 Å². The van der Waals surface area contributed by atoms with Gasteiger partial charge in [-0.1, -0.05) is 20.8 Å². The number of aromatic nitrogens is 1. The van der Waals surface area contributed by atoms with Gasteiger partial charge in [-0.15, -0.1) is 0 Å². The van der Waals surface area contributed by atoms with Crippen molar-refractivity contribution in [3.05, 3.63) is 57.8 Å². The number of alkyl halides is 9. The Balaban J connectivity index is 1.55. The molecule has 7 nitrogen and oxygen atoms in total. The van der Waals surface area contributed by atoms with Crippen LogP contribution in [0.3, 0.4) is 0 Å². The summed E-state index contributed by atoms with van der Waals surface area (Å²) in [5.41, 5.74) is -5.04. The highest BCUT2D eigenvalue weighted by molar-refractivity contribution is 6.74. The highest BCUT2D eigenvalue weighted by Gasteiger charge is 2.42. The number of halogens is 9. The van der Waals surface area contributed by atoms with Crippen molar-refractivity contribution in [1.82, 2.24) is 9.88 Å². The molecule has 2 aliphatic rings. The van der Waals surface area contributed by atoms with Gasteiger partial charge in [0.05, 0.1) is 35.9 Å². The molecule has 0 saturated carbocycles. The average molecular weight is 730 g/mol. The smallest absolute Gasteiger partial charge is 0.418 e. The van der Waals surface area contributed by atoms with E-state index in [1.165, 1.54) is 6.92 Å². The maximum absolute atomic E-state index is 13.9. The van der Waals surface area contributed by atoms with E-state index < -0.39 is 74.4 Å². The molecule has 3 unspecified atom stereocenters. The third kappa shape index (κ3) is 9.39. The molecule has 0 radical (unpaired) electrons. The number of pyridine rings is 1. The Hall–Kier alpha value is -3.05. The van der Waals surface area contributed by atoms with Crippen molar-refractivity contribution in [3.8, 4) is 0 Å². The van der Waals surface area contributed by atoms with E-state index in [9.17, 15) is 44.3 Å². The third-order valence-corrected chi connectivity index (χ3v) is 13.9. The van der Waals surface area contributed by atoms with Crippen LogP contribution >= 0.6 is 0 Å². The highest BCUT2D eigenvalue weighted by Crippen LogP contribution is 2.41. The van der Waals surface area contributed by atoms with Crippen LogP contribution in [0.15, 0.2) is 24.4 Å². The van der Waals surface area contributed by atoms with Gasteiger partial charge in [0.1, 0.15) is 11.9 Å². The Morgan fingerprint density at radius 1 is 0.980 bits per heavy atom. The van der Waals surface area contributed by atoms with Gasteiger partial charge in [-0.2, -0.15) is 39.5 Å². The summed E-state index contributed by atoms with van der Waals surface area (Å²) in [4.78, 5) is 17.8. The number of hydrogen-bond acceptors (Lipinski definition) is 6.